The van der Waals surface area contributed by atoms with Gasteiger partial charge in [0.15, 0.2) is 4.96 Å². The maximum absolute atomic E-state index is 4.83. The maximum atomic E-state index is 4.83. The van der Waals surface area contributed by atoms with Crippen LogP contribution in [-0.4, -0.2) is 23.5 Å². The van der Waals surface area contributed by atoms with Gasteiger partial charge in [0.2, 0.25) is 0 Å². The van der Waals surface area contributed by atoms with Gasteiger partial charge in [-0.3, -0.25) is 4.40 Å². The minimum atomic E-state index is 1.08. The van der Waals surface area contributed by atoms with Gasteiger partial charge < -0.3 is 4.90 Å². The summed E-state index contributed by atoms with van der Waals surface area (Å²) in [5.74, 6) is 0. The van der Waals surface area contributed by atoms with Crippen LogP contribution in [0.5, 0.6) is 0 Å². The van der Waals surface area contributed by atoms with Gasteiger partial charge in [0.1, 0.15) is 0 Å². The second-order valence-corrected chi connectivity index (χ2v) is 6.96. The minimum absolute atomic E-state index is 1.08. The molecule has 3 aromatic rings. The van der Waals surface area contributed by atoms with Gasteiger partial charge >= 0.3 is 0 Å². The fourth-order valence-electron chi connectivity index (χ4n) is 3.03. The van der Waals surface area contributed by atoms with Crippen LogP contribution in [0.1, 0.15) is 23.4 Å². The molecule has 0 N–H and O–H groups in total. The molecule has 4 rings (SSSR count). The lowest BCUT2D eigenvalue weighted by Gasteiger charge is -2.12. The van der Waals surface area contributed by atoms with Crippen LogP contribution in [-0.2, 0) is 12.8 Å². The summed E-state index contributed by atoms with van der Waals surface area (Å²) in [6, 6.07) is 8.62. The van der Waals surface area contributed by atoms with Gasteiger partial charge in [0.25, 0.3) is 0 Å². The lowest BCUT2D eigenvalue weighted by Crippen LogP contribution is -2.07. The van der Waals surface area contributed by atoms with Crippen molar-refractivity contribution in [2.75, 3.05) is 19.0 Å². The van der Waals surface area contributed by atoms with Crippen molar-refractivity contribution in [2.45, 2.75) is 25.7 Å². The molecule has 0 atom stereocenters. The molecule has 0 unspecified atom stereocenters. The van der Waals surface area contributed by atoms with Crippen LogP contribution in [0.25, 0.3) is 16.2 Å². The molecule has 2 aromatic heterocycles. The van der Waals surface area contributed by atoms with Crippen molar-refractivity contribution in [2.24, 2.45) is 0 Å². The van der Waals surface area contributed by atoms with Gasteiger partial charge in [-0.25, -0.2) is 4.98 Å². The van der Waals surface area contributed by atoms with Crippen molar-refractivity contribution in [3.05, 3.63) is 41.0 Å². The molecule has 1 aliphatic carbocycles. The van der Waals surface area contributed by atoms with Crippen molar-refractivity contribution in [1.82, 2.24) is 9.38 Å². The third kappa shape index (κ3) is 2.14. The molecule has 0 fully saturated rings. The van der Waals surface area contributed by atoms with Crippen molar-refractivity contribution in [3.63, 3.8) is 0 Å². The molecule has 0 bridgehead atoms. The fourth-order valence-corrected chi connectivity index (χ4v) is 4.22. The van der Waals surface area contributed by atoms with E-state index in [0.29, 0.717) is 0 Å². The lowest BCUT2D eigenvalue weighted by atomic mass is 10.0. The zero-order valence-electron chi connectivity index (χ0n) is 12.5. The Hall–Kier alpha value is -1.81. The van der Waals surface area contributed by atoms with Crippen LogP contribution in [0.2, 0.25) is 0 Å². The maximum Gasteiger partial charge on any atom is 0.194 e. The SMILES string of the molecule is CN(C)c1ccc(-c2cn3c4c(sc3n2)CCCC4)cc1. The Labute approximate surface area is 128 Å². The molecule has 0 spiro atoms. The van der Waals surface area contributed by atoms with E-state index < -0.39 is 0 Å². The molecule has 0 aliphatic heterocycles. The number of anilines is 1. The van der Waals surface area contributed by atoms with Crippen molar-refractivity contribution in [1.29, 1.82) is 0 Å². The predicted octanol–water partition coefficient (Wildman–Crippen LogP) is 4.01. The summed E-state index contributed by atoms with van der Waals surface area (Å²) >= 11 is 1.87. The summed E-state index contributed by atoms with van der Waals surface area (Å²) in [6.07, 6.45) is 7.28. The Bertz CT molecular complexity index is 780. The van der Waals surface area contributed by atoms with E-state index in [4.69, 9.17) is 4.98 Å². The van der Waals surface area contributed by atoms with Crippen LogP contribution in [0.15, 0.2) is 30.5 Å². The number of fused-ring (bicyclic) bond motifs is 3. The Morgan fingerprint density at radius 2 is 1.86 bits per heavy atom. The predicted molar refractivity (Wildman–Crippen MR) is 89.5 cm³/mol. The second kappa shape index (κ2) is 4.88. The number of imidazole rings is 1. The molecule has 0 saturated carbocycles. The van der Waals surface area contributed by atoms with E-state index >= 15 is 0 Å². The molecule has 4 heteroatoms. The quantitative estimate of drug-likeness (QED) is 0.712. The van der Waals surface area contributed by atoms with Gasteiger partial charge in [-0.2, -0.15) is 0 Å². The first-order valence-electron chi connectivity index (χ1n) is 7.50. The summed E-state index contributed by atoms with van der Waals surface area (Å²) in [5, 5.41) is 0. The monoisotopic (exact) mass is 297 g/mol. The van der Waals surface area contributed by atoms with E-state index in [1.165, 1.54) is 42.6 Å². The first kappa shape index (κ1) is 12.9. The fraction of sp³-hybridized carbons (Fsp3) is 0.353. The molecule has 0 amide bonds. The lowest BCUT2D eigenvalue weighted by molar-refractivity contribution is 0.674. The highest BCUT2D eigenvalue weighted by molar-refractivity contribution is 7.17. The van der Waals surface area contributed by atoms with Gasteiger partial charge in [-0.1, -0.05) is 12.1 Å². The topological polar surface area (TPSA) is 20.5 Å². The van der Waals surface area contributed by atoms with Gasteiger partial charge in [-0.15, -0.1) is 11.3 Å². The van der Waals surface area contributed by atoms with Crippen LogP contribution in [0, 0.1) is 0 Å². The molecule has 0 saturated heterocycles. The Morgan fingerprint density at radius 3 is 2.62 bits per heavy atom. The third-order valence-corrected chi connectivity index (χ3v) is 5.40. The van der Waals surface area contributed by atoms with E-state index in [2.05, 4.69) is 53.9 Å². The standard InChI is InChI=1S/C17H19N3S/c1-19(2)13-9-7-12(8-10-13)14-11-20-15-5-3-4-6-16(15)21-17(20)18-14/h7-11H,3-6H2,1-2H3. The van der Waals surface area contributed by atoms with Gasteiger partial charge in [-0.05, 0) is 37.8 Å². The first-order valence-corrected chi connectivity index (χ1v) is 8.31. The zero-order chi connectivity index (χ0) is 14.4. The number of thiazole rings is 1. The van der Waals surface area contributed by atoms with Crippen molar-refractivity contribution in [3.8, 4) is 11.3 Å². The number of aromatic nitrogens is 2. The highest BCUT2D eigenvalue weighted by Gasteiger charge is 2.18. The average molecular weight is 297 g/mol. The highest BCUT2D eigenvalue weighted by atomic mass is 32.1. The molecule has 21 heavy (non-hydrogen) atoms. The van der Waals surface area contributed by atoms with Gasteiger partial charge in [0, 0.05) is 42.1 Å². The summed E-state index contributed by atoms with van der Waals surface area (Å²) in [4.78, 5) is 9.63. The first-order chi connectivity index (χ1) is 10.2. The van der Waals surface area contributed by atoms with E-state index in [0.717, 1.165) is 10.7 Å². The molecule has 108 valence electrons. The van der Waals surface area contributed by atoms with Crippen LogP contribution in [0.4, 0.5) is 5.69 Å². The molecule has 1 aliphatic rings. The smallest absolute Gasteiger partial charge is 0.194 e. The summed E-state index contributed by atoms with van der Waals surface area (Å²) in [6.45, 7) is 0. The molecule has 1 aromatic carbocycles. The normalized spacial score (nSPS) is 14.4. The number of benzene rings is 1. The van der Waals surface area contributed by atoms with Crippen molar-refractivity contribution >= 4 is 22.0 Å². The molecule has 0 radical (unpaired) electrons. The van der Waals surface area contributed by atoms with E-state index in [-0.39, 0.29) is 0 Å². The van der Waals surface area contributed by atoms with Crippen LogP contribution >= 0.6 is 11.3 Å². The van der Waals surface area contributed by atoms with E-state index in [9.17, 15) is 0 Å². The molecular formula is C17H19N3S. The third-order valence-electron chi connectivity index (χ3n) is 4.25. The number of hydrogen-bond donors (Lipinski definition) is 0. The average Bonchev–Trinajstić information content (AvgIpc) is 3.05. The Kier molecular flexibility index (Phi) is 3.00. The summed E-state index contributed by atoms with van der Waals surface area (Å²) < 4.78 is 2.31. The second-order valence-electron chi connectivity index (χ2n) is 5.90. The van der Waals surface area contributed by atoms with E-state index in [1.54, 1.807) is 4.88 Å². The Balaban J connectivity index is 1.75. The summed E-state index contributed by atoms with van der Waals surface area (Å²) in [7, 11) is 4.13. The molecule has 2 heterocycles. The number of hydrogen-bond acceptors (Lipinski definition) is 3. The summed E-state index contributed by atoms with van der Waals surface area (Å²) in [5.41, 5.74) is 4.99. The van der Waals surface area contributed by atoms with Crippen molar-refractivity contribution < 1.29 is 0 Å². The van der Waals surface area contributed by atoms with Gasteiger partial charge in [0.05, 0.1) is 5.69 Å². The zero-order valence-corrected chi connectivity index (χ0v) is 13.3. The van der Waals surface area contributed by atoms with E-state index in [1.807, 2.05) is 11.3 Å². The minimum Gasteiger partial charge on any atom is -0.378 e. The van der Waals surface area contributed by atoms with Crippen LogP contribution in [0.3, 0.4) is 0 Å². The highest BCUT2D eigenvalue weighted by Crippen LogP contribution is 2.32. The molecule has 3 nitrogen and oxygen atoms in total. The number of aryl methyl sites for hydroxylation is 2. The number of rotatable bonds is 2. The molecular weight excluding hydrogens is 278 g/mol. The number of nitrogens with zero attached hydrogens (tertiary/aromatic N) is 3. The Morgan fingerprint density at radius 1 is 1.10 bits per heavy atom. The largest absolute Gasteiger partial charge is 0.378 e. The van der Waals surface area contributed by atoms with Crippen LogP contribution < -0.4 is 4.90 Å².